The number of halogens is 1. The molecule has 0 amide bonds. The number of nitrogens with zero attached hydrogens (tertiary/aromatic N) is 4. The maximum absolute atomic E-state index is 4.36. The summed E-state index contributed by atoms with van der Waals surface area (Å²) in [5.74, 6) is 0.864. The fourth-order valence-electron chi connectivity index (χ4n) is 1.46. The van der Waals surface area contributed by atoms with Crippen LogP contribution in [-0.4, -0.2) is 19.3 Å². The summed E-state index contributed by atoms with van der Waals surface area (Å²) in [6.07, 6.45) is 3.76. The van der Waals surface area contributed by atoms with Crippen molar-refractivity contribution in [3.8, 4) is 0 Å². The molecule has 2 aromatic rings. The fourth-order valence-corrected chi connectivity index (χ4v) is 3.12. The van der Waals surface area contributed by atoms with E-state index in [1.54, 1.807) is 11.8 Å². The fraction of sp³-hybridized carbons (Fsp3) is 0.400. The largest absolute Gasteiger partial charge is 0.329 e. The van der Waals surface area contributed by atoms with Crippen LogP contribution >= 0.6 is 27.7 Å². The average Bonchev–Trinajstić information content (AvgIpc) is 2.72. The summed E-state index contributed by atoms with van der Waals surface area (Å²) in [5.41, 5.74) is 2.21. The van der Waals surface area contributed by atoms with Gasteiger partial charge in [-0.05, 0) is 22.9 Å². The summed E-state index contributed by atoms with van der Waals surface area (Å²) >= 11 is 5.27. The molecule has 2 heterocycles. The van der Waals surface area contributed by atoms with Crippen molar-refractivity contribution in [1.29, 1.82) is 0 Å². The third-order valence-electron chi connectivity index (χ3n) is 2.38. The number of aromatic nitrogens is 4. The Balaban J connectivity index is 2.13. The second-order valence-electron chi connectivity index (χ2n) is 3.58. The molecule has 2 rings (SSSR count). The predicted octanol–water partition coefficient (Wildman–Crippen LogP) is 2.52. The number of aryl methyl sites for hydroxylation is 3. The first-order valence-electron chi connectivity index (χ1n) is 4.87. The smallest absolute Gasteiger partial charge is 0.168 e. The molecule has 0 bridgehead atoms. The molecule has 2 aromatic heterocycles. The second kappa shape index (κ2) is 4.63. The summed E-state index contributed by atoms with van der Waals surface area (Å²) in [7, 11) is 3.96. The van der Waals surface area contributed by atoms with Crippen molar-refractivity contribution in [1.82, 2.24) is 19.3 Å². The maximum atomic E-state index is 4.36. The number of imidazole rings is 1. The Morgan fingerprint density at radius 1 is 1.44 bits per heavy atom. The van der Waals surface area contributed by atoms with Crippen LogP contribution in [0.4, 0.5) is 0 Å². The highest BCUT2D eigenvalue weighted by Gasteiger charge is 2.11. The van der Waals surface area contributed by atoms with Gasteiger partial charge in [-0.1, -0.05) is 11.8 Å². The molecule has 0 atom stereocenters. The van der Waals surface area contributed by atoms with Crippen LogP contribution in [0.1, 0.15) is 11.4 Å². The number of thioether (sulfide) groups is 1. The zero-order chi connectivity index (χ0) is 11.7. The molecule has 0 saturated carbocycles. The average molecular weight is 301 g/mol. The highest BCUT2D eigenvalue weighted by Crippen LogP contribution is 2.27. The van der Waals surface area contributed by atoms with Crippen molar-refractivity contribution in [3.63, 3.8) is 0 Å². The summed E-state index contributed by atoms with van der Waals surface area (Å²) < 4.78 is 5.02. The molecule has 0 radical (unpaired) electrons. The molecule has 6 heteroatoms. The lowest BCUT2D eigenvalue weighted by molar-refractivity contribution is 0.725. The van der Waals surface area contributed by atoms with E-state index in [0.717, 1.165) is 21.1 Å². The van der Waals surface area contributed by atoms with Crippen LogP contribution < -0.4 is 0 Å². The molecule has 0 fully saturated rings. The quantitative estimate of drug-likeness (QED) is 0.817. The molecule has 0 unspecified atom stereocenters. The highest BCUT2D eigenvalue weighted by molar-refractivity contribution is 9.10. The Kier molecular flexibility index (Phi) is 3.39. The molecule has 86 valence electrons. The van der Waals surface area contributed by atoms with E-state index in [-0.39, 0.29) is 0 Å². The van der Waals surface area contributed by atoms with Gasteiger partial charge in [0.05, 0.1) is 15.9 Å². The molecule has 0 aliphatic rings. The van der Waals surface area contributed by atoms with Crippen molar-refractivity contribution >= 4 is 27.7 Å². The van der Waals surface area contributed by atoms with Crippen LogP contribution in [0.25, 0.3) is 0 Å². The first-order chi connectivity index (χ1) is 7.59. The standard InChI is InChI=1S/C10H13BrN4S/c1-7-9(11)8(15(3)13-7)6-16-10-12-4-5-14(10)2/h4-5H,6H2,1-3H3. The van der Waals surface area contributed by atoms with Gasteiger partial charge in [-0.25, -0.2) is 4.98 Å². The van der Waals surface area contributed by atoms with E-state index in [0.29, 0.717) is 0 Å². The van der Waals surface area contributed by atoms with Crippen molar-refractivity contribution in [2.75, 3.05) is 0 Å². The number of rotatable bonds is 3. The van der Waals surface area contributed by atoms with E-state index in [2.05, 4.69) is 26.0 Å². The Morgan fingerprint density at radius 3 is 2.69 bits per heavy atom. The lowest BCUT2D eigenvalue weighted by Gasteiger charge is -2.03. The van der Waals surface area contributed by atoms with Gasteiger partial charge < -0.3 is 4.57 Å². The molecule has 0 saturated heterocycles. The van der Waals surface area contributed by atoms with Crippen molar-refractivity contribution in [2.45, 2.75) is 17.8 Å². The van der Waals surface area contributed by atoms with Gasteiger partial charge >= 0.3 is 0 Å². The lowest BCUT2D eigenvalue weighted by Crippen LogP contribution is -1.98. The molecule has 0 N–H and O–H groups in total. The van der Waals surface area contributed by atoms with E-state index < -0.39 is 0 Å². The summed E-state index contributed by atoms with van der Waals surface area (Å²) in [4.78, 5) is 4.28. The van der Waals surface area contributed by atoms with Crippen LogP contribution in [-0.2, 0) is 19.8 Å². The van der Waals surface area contributed by atoms with Gasteiger partial charge in [0, 0.05) is 32.2 Å². The third-order valence-corrected chi connectivity index (χ3v) is 4.48. The second-order valence-corrected chi connectivity index (χ2v) is 5.31. The first kappa shape index (κ1) is 11.7. The molecule has 0 spiro atoms. The van der Waals surface area contributed by atoms with Gasteiger partial charge in [-0.2, -0.15) is 5.10 Å². The van der Waals surface area contributed by atoms with E-state index in [9.17, 15) is 0 Å². The van der Waals surface area contributed by atoms with Gasteiger partial charge in [0.15, 0.2) is 5.16 Å². The number of hydrogen-bond donors (Lipinski definition) is 0. The topological polar surface area (TPSA) is 35.6 Å². The minimum Gasteiger partial charge on any atom is -0.329 e. The minimum absolute atomic E-state index is 0.864. The Bertz CT molecular complexity index is 503. The van der Waals surface area contributed by atoms with Gasteiger partial charge in [0.1, 0.15) is 0 Å². The zero-order valence-electron chi connectivity index (χ0n) is 9.44. The Labute approximate surface area is 107 Å². The monoisotopic (exact) mass is 300 g/mol. The molecule has 4 nitrogen and oxygen atoms in total. The summed E-state index contributed by atoms with van der Waals surface area (Å²) in [6, 6.07) is 0. The summed E-state index contributed by atoms with van der Waals surface area (Å²) in [5, 5.41) is 5.38. The summed E-state index contributed by atoms with van der Waals surface area (Å²) in [6.45, 7) is 2.00. The van der Waals surface area contributed by atoms with E-state index in [1.807, 2.05) is 42.7 Å². The molecule has 16 heavy (non-hydrogen) atoms. The van der Waals surface area contributed by atoms with Crippen LogP contribution in [0, 0.1) is 6.92 Å². The Hall–Kier alpha value is -0.750. The van der Waals surface area contributed by atoms with Gasteiger partial charge in [-0.15, -0.1) is 0 Å². The number of hydrogen-bond acceptors (Lipinski definition) is 3. The molecule has 0 aliphatic heterocycles. The third kappa shape index (κ3) is 2.17. The predicted molar refractivity (Wildman–Crippen MR) is 68.4 cm³/mol. The zero-order valence-corrected chi connectivity index (χ0v) is 11.8. The van der Waals surface area contributed by atoms with Crippen LogP contribution in [0.3, 0.4) is 0 Å². The van der Waals surface area contributed by atoms with Crippen LogP contribution in [0.15, 0.2) is 22.0 Å². The first-order valence-corrected chi connectivity index (χ1v) is 6.65. The van der Waals surface area contributed by atoms with Gasteiger partial charge in [0.2, 0.25) is 0 Å². The SMILES string of the molecule is Cc1nn(C)c(CSc2nccn2C)c1Br. The molecule has 0 aliphatic carbocycles. The molecular weight excluding hydrogens is 288 g/mol. The van der Waals surface area contributed by atoms with E-state index in [4.69, 9.17) is 0 Å². The van der Waals surface area contributed by atoms with E-state index >= 15 is 0 Å². The van der Waals surface area contributed by atoms with Crippen molar-refractivity contribution < 1.29 is 0 Å². The molecule has 0 aromatic carbocycles. The highest BCUT2D eigenvalue weighted by atomic mass is 79.9. The Morgan fingerprint density at radius 2 is 2.19 bits per heavy atom. The normalized spacial score (nSPS) is 11.0. The maximum Gasteiger partial charge on any atom is 0.168 e. The minimum atomic E-state index is 0.864. The van der Waals surface area contributed by atoms with Gasteiger partial charge in [0.25, 0.3) is 0 Å². The lowest BCUT2D eigenvalue weighted by atomic mass is 10.4. The van der Waals surface area contributed by atoms with Crippen molar-refractivity contribution in [3.05, 3.63) is 28.3 Å². The van der Waals surface area contributed by atoms with Crippen LogP contribution in [0.2, 0.25) is 0 Å². The van der Waals surface area contributed by atoms with Crippen molar-refractivity contribution in [2.24, 2.45) is 14.1 Å². The van der Waals surface area contributed by atoms with E-state index in [1.165, 1.54) is 5.69 Å². The van der Waals surface area contributed by atoms with Gasteiger partial charge in [-0.3, -0.25) is 4.68 Å². The molecular formula is C10H13BrN4S. The van der Waals surface area contributed by atoms with Crippen LogP contribution in [0.5, 0.6) is 0 Å².